The smallest absolute Gasteiger partial charge is 0.409 e. The van der Waals surface area contributed by atoms with Crippen molar-refractivity contribution >= 4 is 45.6 Å². The second-order valence-corrected chi connectivity index (χ2v) is 7.53. The van der Waals surface area contributed by atoms with Crippen molar-refractivity contribution < 1.29 is 29.0 Å². The van der Waals surface area contributed by atoms with Crippen LogP contribution in [-0.2, 0) is 17.7 Å². The highest BCUT2D eigenvalue weighted by Crippen LogP contribution is 2.37. The van der Waals surface area contributed by atoms with Crippen molar-refractivity contribution in [3.05, 3.63) is 60.0 Å². The monoisotopic (exact) mass is 449 g/mol. The van der Waals surface area contributed by atoms with Gasteiger partial charge in [0.25, 0.3) is 23.2 Å². The maximum atomic E-state index is 12.7. The van der Waals surface area contributed by atoms with Gasteiger partial charge >= 0.3 is 6.09 Å². The number of nitrogens with zero attached hydrogens (tertiary/aromatic N) is 3. The number of fused-ring (bicyclic) bond motifs is 1. The molecule has 13 nitrogen and oxygen atoms in total. The highest BCUT2D eigenvalue weighted by Gasteiger charge is 2.30. The molecule has 14 heteroatoms. The van der Waals surface area contributed by atoms with Gasteiger partial charge in [-0.15, -0.1) is 11.3 Å². The first-order valence-electron chi connectivity index (χ1n) is 8.64. The van der Waals surface area contributed by atoms with Gasteiger partial charge in [-0.2, -0.15) is 0 Å². The molecule has 1 aliphatic rings. The average molecular weight is 449 g/mol. The number of methoxy groups -OCH3 is 1. The molecule has 162 valence electrons. The summed E-state index contributed by atoms with van der Waals surface area (Å²) in [5.41, 5.74) is 4.53. The van der Waals surface area contributed by atoms with E-state index in [0.29, 0.717) is 16.9 Å². The molecule has 0 fully saturated rings. The lowest BCUT2D eigenvalue weighted by atomic mass is 10.0. The van der Waals surface area contributed by atoms with Crippen molar-refractivity contribution in [1.29, 1.82) is 0 Å². The van der Waals surface area contributed by atoms with Crippen molar-refractivity contribution in [2.45, 2.75) is 13.0 Å². The van der Waals surface area contributed by atoms with E-state index >= 15 is 0 Å². The Hall–Kier alpha value is -4.07. The molecule has 0 bridgehead atoms. The number of nitrogens with one attached hydrogen (secondary N) is 1. The number of non-ortho nitro benzene ring substituents is 2. The zero-order chi connectivity index (χ0) is 22.9. The van der Waals surface area contributed by atoms with Crippen LogP contribution in [0, 0.1) is 20.2 Å². The molecule has 2 aromatic rings. The van der Waals surface area contributed by atoms with E-state index in [1.807, 2.05) is 0 Å². The minimum absolute atomic E-state index is 0.0674. The highest BCUT2D eigenvalue weighted by atomic mass is 32.1. The Kier molecular flexibility index (Phi) is 5.83. The molecular weight excluding hydrogens is 434 g/mol. The van der Waals surface area contributed by atoms with Gasteiger partial charge in [-0.3, -0.25) is 29.8 Å². The molecule has 0 saturated carbocycles. The van der Waals surface area contributed by atoms with E-state index in [9.17, 15) is 34.6 Å². The third-order valence-corrected chi connectivity index (χ3v) is 5.68. The number of nitro groups is 2. The van der Waals surface area contributed by atoms with Gasteiger partial charge in [-0.1, -0.05) is 0 Å². The summed E-state index contributed by atoms with van der Waals surface area (Å²) in [4.78, 5) is 58.9. The zero-order valence-electron chi connectivity index (χ0n) is 15.9. The van der Waals surface area contributed by atoms with Crippen molar-refractivity contribution in [2.24, 2.45) is 5.73 Å². The molecule has 0 atom stereocenters. The molecule has 0 saturated heterocycles. The first-order chi connectivity index (χ1) is 14.6. The molecule has 1 aliphatic heterocycles. The molecule has 0 aliphatic carbocycles. The summed E-state index contributed by atoms with van der Waals surface area (Å²) in [5, 5.41) is 24.6. The molecule has 3 N–H and O–H groups in total. The van der Waals surface area contributed by atoms with E-state index < -0.39 is 39.1 Å². The molecule has 1 aromatic carbocycles. The van der Waals surface area contributed by atoms with Crippen LogP contribution in [0.4, 0.5) is 21.2 Å². The zero-order valence-corrected chi connectivity index (χ0v) is 16.8. The lowest BCUT2D eigenvalue weighted by Gasteiger charge is -2.25. The second-order valence-electron chi connectivity index (χ2n) is 6.42. The van der Waals surface area contributed by atoms with Crippen LogP contribution < -0.4 is 11.1 Å². The van der Waals surface area contributed by atoms with E-state index in [0.717, 1.165) is 29.5 Å². The topological polar surface area (TPSA) is 188 Å². The van der Waals surface area contributed by atoms with Crippen LogP contribution in [0.15, 0.2) is 18.2 Å². The van der Waals surface area contributed by atoms with Gasteiger partial charge < -0.3 is 20.7 Å². The Balaban J connectivity index is 1.96. The largest absolute Gasteiger partial charge is 0.453 e. The molecule has 3 rings (SSSR count). The predicted octanol–water partition coefficient (Wildman–Crippen LogP) is 2.04. The Bertz CT molecular complexity index is 1100. The van der Waals surface area contributed by atoms with Gasteiger partial charge in [-0.25, -0.2) is 4.79 Å². The van der Waals surface area contributed by atoms with E-state index in [4.69, 9.17) is 10.5 Å². The number of thiophene rings is 1. The molecule has 2 heterocycles. The lowest BCUT2D eigenvalue weighted by Crippen LogP contribution is -2.35. The van der Waals surface area contributed by atoms with Gasteiger partial charge in [0.2, 0.25) is 0 Å². The van der Waals surface area contributed by atoms with Crippen LogP contribution in [0.3, 0.4) is 0 Å². The van der Waals surface area contributed by atoms with Gasteiger partial charge in [0.15, 0.2) is 0 Å². The normalized spacial score (nSPS) is 12.6. The van der Waals surface area contributed by atoms with Crippen LogP contribution in [0.25, 0.3) is 0 Å². The number of ether oxygens (including phenoxy) is 1. The van der Waals surface area contributed by atoms with E-state index in [-0.39, 0.29) is 29.2 Å². The van der Waals surface area contributed by atoms with Gasteiger partial charge in [0, 0.05) is 23.6 Å². The number of carbonyl (C=O) groups is 3. The number of anilines is 1. The summed E-state index contributed by atoms with van der Waals surface area (Å²) in [6, 6.07) is 2.51. The molecule has 1 aromatic heterocycles. The second kappa shape index (κ2) is 8.35. The van der Waals surface area contributed by atoms with Crippen LogP contribution in [0.1, 0.15) is 31.2 Å². The average Bonchev–Trinajstić information content (AvgIpc) is 3.09. The summed E-state index contributed by atoms with van der Waals surface area (Å²) >= 11 is 1.02. The Morgan fingerprint density at radius 3 is 2.29 bits per heavy atom. The van der Waals surface area contributed by atoms with Gasteiger partial charge in [-0.05, 0) is 12.0 Å². The summed E-state index contributed by atoms with van der Waals surface area (Å²) in [6.45, 7) is 0.423. The molecule has 0 unspecified atom stereocenters. The van der Waals surface area contributed by atoms with E-state index in [1.54, 1.807) is 0 Å². The fourth-order valence-corrected chi connectivity index (χ4v) is 4.41. The number of carbonyl (C=O) groups excluding carboxylic acids is 3. The van der Waals surface area contributed by atoms with Crippen molar-refractivity contribution in [3.63, 3.8) is 0 Å². The standard InChI is InChI=1S/C17H15N5O8S/c1-30-17(25)20-3-2-11-12(7-20)31-16(13(11)14(18)23)19-15(24)8-4-9(21(26)27)6-10(5-8)22(28)29/h4-6H,2-3,7H2,1H3,(H2,18,23)(H,19,24). The lowest BCUT2D eigenvalue weighted by molar-refractivity contribution is -0.394. The summed E-state index contributed by atoms with van der Waals surface area (Å²) in [7, 11) is 1.24. The molecular formula is C17H15N5O8S. The van der Waals surface area contributed by atoms with E-state index in [1.165, 1.54) is 12.0 Å². The third-order valence-electron chi connectivity index (χ3n) is 4.55. The minimum Gasteiger partial charge on any atom is -0.453 e. The maximum Gasteiger partial charge on any atom is 0.409 e. The Labute approximate surface area is 177 Å². The van der Waals surface area contributed by atoms with Crippen molar-refractivity contribution in [1.82, 2.24) is 4.90 Å². The number of hydrogen-bond donors (Lipinski definition) is 2. The predicted molar refractivity (Wildman–Crippen MR) is 107 cm³/mol. The minimum atomic E-state index is -0.891. The first kappa shape index (κ1) is 21.6. The number of rotatable bonds is 5. The SMILES string of the molecule is COC(=O)N1CCc2c(sc(NC(=O)c3cc([N+](=O)[O-])cc([N+](=O)[O-])c3)c2C(N)=O)C1. The van der Waals surface area contributed by atoms with Crippen LogP contribution in [0.5, 0.6) is 0 Å². The summed E-state index contributed by atoms with van der Waals surface area (Å²) in [5.74, 6) is -1.69. The molecule has 0 spiro atoms. The number of hydrogen-bond acceptors (Lipinski definition) is 9. The Morgan fingerprint density at radius 1 is 1.16 bits per heavy atom. The van der Waals surface area contributed by atoms with Gasteiger partial charge in [0.1, 0.15) is 5.00 Å². The number of nitro benzene ring substituents is 2. The number of amides is 3. The van der Waals surface area contributed by atoms with Crippen molar-refractivity contribution in [2.75, 3.05) is 19.0 Å². The van der Waals surface area contributed by atoms with Crippen LogP contribution >= 0.6 is 11.3 Å². The van der Waals surface area contributed by atoms with Gasteiger partial charge in [0.05, 0.1) is 40.7 Å². The van der Waals surface area contributed by atoms with E-state index in [2.05, 4.69) is 5.32 Å². The summed E-state index contributed by atoms with van der Waals surface area (Å²) < 4.78 is 4.69. The molecule has 0 radical (unpaired) electrons. The number of nitrogens with two attached hydrogens (primary N) is 1. The fraction of sp³-hybridized carbons (Fsp3) is 0.235. The molecule has 31 heavy (non-hydrogen) atoms. The fourth-order valence-electron chi connectivity index (χ4n) is 3.15. The van der Waals surface area contributed by atoms with Crippen LogP contribution in [-0.4, -0.2) is 46.3 Å². The summed E-state index contributed by atoms with van der Waals surface area (Å²) in [6.07, 6.45) is -0.244. The number of primary amides is 1. The number of benzene rings is 1. The van der Waals surface area contributed by atoms with Crippen LogP contribution in [0.2, 0.25) is 0 Å². The third kappa shape index (κ3) is 4.28. The maximum absolute atomic E-state index is 12.7. The quantitative estimate of drug-likeness (QED) is 0.512. The molecule has 3 amide bonds. The first-order valence-corrected chi connectivity index (χ1v) is 9.46. The highest BCUT2D eigenvalue weighted by molar-refractivity contribution is 7.17. The van der Waals surface area contributed by atoms with Crippen molar-refractivity contribution in [3.8, 4) is 0 Å². The Morgan fingerprint density at radius 2 is 1.77 bits per heavy atom.